The van der Waals surface area contributed by atoms with Gasteiger partial charge in [0.25, 0.3) is 0 Å². The Morgan fingerprint density at radius 3 is 1.90 bits per heavy atom. The van der Waals surface area contributed by atoms with Gasteiger partial charge in [0, 0.05) is 11.6 Å². The SMILES string of the molecule is CNC(c1ccc(OC)c(OC)c1OC)C(C)C(C)C. The van der Waals surface area contributed by atoms with Gasteiger partial charge >= 0.3 is 0 Å². The Bertz CT molecular complexity index is 432. The van der Waals surface area contributed by atoms with Gasteiger partial charge in [-0.15, -0.1) is 0 Å². The molecule has 0 aromatic heterocycles. The maximum atomic E-state index is 5.58. The fraction of sp³-hybridized carbons (Fsp3) is 0.625. The van der Waals surface area contributed by atoms with Gasteiger partial charge in [-0.1, -0.05) is 20.8 Å². The molecule has 0 saturated heterocycles. The Morgan fingerprint density at radius 2 is 1.50 bits per heavy atom. The van der Waals surface area contributed by atoms with Crippen molar-refractivity contribution in [1.82, 2.24) is 5.32 Å². The molecule has 1 rings (SSSR count). The highest BCUT2D eigenvalue weighted by Gasteiger charge is 2.26. The van der Waals surface area contributed by atoms with Crippen LogP contribution in [0.15, 0.2) is 12.1 Å². The minimum atomic E-state index is 0.199. The van der Waals surface area contributed by atoms with Crippen molar-refractivity contribution >= 4 is 0 Å². The van der Waals surface area contributed by atoms with Crippen molar-refractivity contribution in [3.63, 3.8) is 0 Å². The quantitative estimate of drug-likeness (QED) is 0.832. The van der Waals surface area contributed by atoms with Crippen LogP contribution in [-0.2, 0) is 0 Å². The number of rotatable bonds is 7. The zero-order valence-corrected chi connectivity index (χ0v) is 13.6. The molecule has 0 radical (unpaired) electrons. The summed E-state index contributed by atoms with van der Waals surface area (Å²) >= 11 is 0. The minimum absolute atomic E-state index is 0.199. The number of ether oxygens (including phenoxy) is 3. The summed E-state index contributed by atoms with van der Waals surface area (Å²) in [5.74, 6) is 3.08. The average molecular weight is 281 g/mol. The molecule has 0 aliphatic heterocycles. The summed E-state index contributed by atoms with van der Waals surface area (Å²) in [4.78, 5) is 0. The smallest absolute Gasteiger partial charge is 0.203 e. The van der Waals surface area contributed by atoms with Crippen molar-refractivity contribution in [3.8, 4) is 17.2 Å². The third kappa shape index (κ3) is 3.18. The molecule has 4 nitrogen and oxygen atoms in total. The maximum absolute atomic E-state index is 5.58. The molecule has 0 heterocycles. The van der Waals surface area contributed by atoms with E-state index in [0.717, 1.165) is 11.3 Å². The molecule has 0 spiro atoms. The second kappa shape index (κ2) is 7.39. The fourth-order valence-corrected chi connectivity index (χ4v) is 2.46. The second-order valence-corrected chi connectivity index (χ2v) is 5.29. The molecule has 0 bridgehead atoms. The van der Waals surface area contributed by atoms with E-state index in [1.54, 1.807) is 21.3 Å². The molecule has 0 aliphatic rings. The molecule has 0 aliphatic carbocycles. The number of benzene rings is 1. The highest BCUT2D eigenvalue weighted by atomic mass is 16.5. The molecule has 4 heteroatoms. The summed E-state index contributed by atoms with van der Waals surface area (Å²) in [6.45, 7) is 6.69. The van der Waals surface area contributed by atoms with Crippen molar-refractivity contribution in [2.75, 3.05) is 28.4 Å². The van der Waals surface area contributed by atoms with Gasteiger partial charge in [0.15, 0.2) is 11.5 Å². The zero-order valence-electron chi connectivity index (χ0n) is 13.6. The Balaban J connectivity index is 3.35. The van der Waals surface area contributed by atoms with Gasteiger partial charge < -0.3 is 19.5 Å². The van der Waals surface area contributed by atoms with Crippen LogP contribution in [-0.4, -0.2) is 28.4 Å². The van der Waals surface area contributed by atoms with Gasteiger partial charge in [-0.3, -0.25) is 0 Å². The van der Waals surface area contributed by atoms with Gasteiger partial charge in [0.05, 0.1) is 21.3 Å². The molecule has 2 unspecified atom stereocenters. The van der Waals surface area contributed by atoms with Crippen molar-refractivity contribution in [2.24, 2.45) is 11.8 Å². The standard InChI is InChI=1S/C16H27NO3/c1-10(2)11(3)14(17-4)12-8-9-13(18-5)16(20-7)15(12)19-6/h8-11,14,17H,1-7H3. The van der Waals surface area contributed by atoms with Gasteiger partial charge in [0.2, 0.25) is 5.75 Å². The van der Waals surface area contributed by atoms with E-state index in [4.69, 9.17) is 14.2 Å². The number of hydrogen-bond donors (Lipinski definition) is 1. The molecule has 114 valence electrons. The summed E-state index contributed by atoms with van der Waals surface area (Å²) in [5, 5.41) is 3.39. The van der Waals surface area contributed by atoms with Crippen LogP contribution in [0.3, 0.4) is 0 Å². The van der Waals surface area contributed by atoms with Gasteiger partial charge in [-0.05, 0) is 31.0 Å². The van der Waals surface area contributed by atoms with Crippen LogP contribution in [0.2, 0.25) is 0 Å². The third-order valence-electron chi connectivity index (χ3n) is 3.96. The van der Waals surface area contributed by atoms with Gasteiger partial charge in [-0.25, -0.2) is 0 Å². The van der Waals surface area contributed by atoms with Crippen LogP contribution in [0.1, 0.15) is 32.4 Å². The van der Waals surface area contributed by atoms with E-state index in [2.05, 4.69) is 26.1 Å². The summed E-state index contributed by atoms with van der Waals surface area (Å²) < 4.78 is 16.4. The molecule has 20 heavy (non-hydrogen) atoms. The van der Waals surface area contributed by atoms with Gasteiger partial charge in [-0.2, -0.15) is 0 Å². The van der Waals surface area contributed by atoms with E-state index >= 15 is 0 Å². The summed E-state index contributed by atoms with van der Waals surface area (Å²) in [5.41, 5.74) is 1.09. The van der Waals surface area contributed by atoms with Crippen LogP contribution >= 0.6 is 0 Å². The van der Waals surface area contributed by atoms with Crippen molar-refractivity contribution in [1.29, 1.82) is 0 Å². The molecular formula is C16H27NO3. The highest BCUT2D eigenvalue weighted by molar-refractivity contribution is 5.56. The molecular weight excluding hydrogens is 254 g/mol. The molecule has 2 atom stereocenters. The Morgan fingerprint density at radius 1 is 0.900 bits per heavy atom. The molecule has 1 aromatic carbocycles. The van der Waals surface area contributed by atoms with Crippen LogP contribution in [0.25, 0.3) is 0 Å². The summed E-state index contributed by atoms with van der Waals surface area (Å²) in [6.07, 6.45) is 0. The van der Waals surface area contributed by atoms with E-state index in [0.29, 0.717) is 23.3 Å². The number of methoxy groups -OCH3 is 3. The first-order valence-corrected chi connectivity index (χ1v) is 6.97. The van der Waals surface area contributed by atoms with Crippen LogP contribution < -0.4 is 19.5 Å². The van der Waals surface area contributed by atoms with E-state index in [-0.39, 0.29) is 6.04 Å². The first-order chi connectivity index (χ1) is 9.51. The lowest BCUT2D eigenvalue weighted by molar-refractivity contribution is 0.292. The van der Waals surface area contributed by atoms with Crippen molar-refractivity contribution < 1.29 is 14.2 Å². The fourth-order valence-electron chi connectivity index (χ4n) is 2.46. The first-order valence-electron chi connectivity index (χ1n) is 6.97. The third-order valence-corrected chi connectivity index (χ3v) is 3.96. The summed E-state index contributed by atoms with van der Waals surface area (Å²) in [7, 11) is 6.89. The lowest BCUT2D eigenvalue weighted by atomic mass is 9.85. The molecule has 0 saturated carbocycles. The summed E-state index contributed by atoms with van der Waals surface area (Å²) in [6, 6.07) is 4.17. The minimum Gasteiger partial charge on any atom is -0.493 e. The number of hydrogen-bond acceptors (Lipinski definition) is 4. The predicted molar refractivity (Wildman–Crippen MR) is 81.9 cm³/mol. The second-order valence-electron chi connectivity index (χ2n) is 5.29. The normalized spacial score (nSPS) is 14.0. The van der Waals surface area contributed by atoms with E-state index in [9.17, 15) is 0 Å². The topological polar surface area (TPSA) is 39.7 Å². The Kier molecular flexibility index (Phi) is 6.14. The Labute approximate surface area is 122 Å². The molecule has 1 aromatic rings. The largest absolute Gasteiger partial charge is 0.493 e. The van der Waals surface area contributed by atoms with Gasteiger partial charge in [0.1, 0.15) is 0 Å². The monoisotopic (exact) mass is 281 g/mol. The maximum Gasteiger partial charge on any atom is 0.203 e. The zero-order chi connectivity index (χ0) is 15.3. The van der Waals surface area contributed by atoms with Crippen molar-refractivity contribution in [3.05, 3.63) is 17.7 Å². The van der Waals surface area contributed by atoms with Crippen molar-refractivity contribution in [2.45, 2.75) is 26.8 Å². The van der Waals surface area contributed by atoms with E-state index in [1.165, 1.54) is 0 Å². The lowest BCUT2D eigenvalue weighted by Gasteiger charge is -2.29. The Hall–Kier alpha value is -1.42. The molecule has 0 amide bonds. The van der Waals surface area contributed by atoms with Crippen LogP contribution in [0.5, 0.6) is 17.2 Å². The van der Waals surface area contributed by atoms with Crippen LogP contribution in [0.4, 0.5) is 0 Å². The van der Waals surface area contributed by atoms with Crippen LogP contribution in [0, 0.1) is 11.8 Å². The van der Waals surface area contributed by atoms with E-state index < -0.39 is 0 Å². The average Bonchev–Trinajstić information content (AvgIpc) is 2.46. The van der Waals surface area contributed by atoms with E-state index in [1.807, 2.05) is 19.2 Å². The highest BCUT2D eigenvalue weighted by Crippen LogP contribution is 2.44. The molecule has 1 N–H and O–H groups in total. The predicted octanol–water partition coefficient (Wildman–Crippen LogP) is 3.27. The first kappa shape index (κ1) is 16.6. The number of nitrogens with one attached hydrogen (secondary N) is 1. The lowest BCUT2D eigenvalue weighted by Crippen LogP contribution is -2.27. The molecule has 0 fully saturated rings.